The standard InChI is InChI=1S/C32H43N5O6/c1-18(2)13-26(35-29(39)24(33)16-21-17-34-25-8-6-5-7-23(21)25)30(40)36-27(15-20-9-11-22(38)12-10-20)31(41)37-28(32(42)43)14-19(3)4/h5-12,17-19,24,26-28,34,38H,13-16,33H2,1-4H3,(H,35,39)(H,36,40)(H,37,41)(H,42,43). The fourth-order valence-corrected chi connectivity index (χ4v) is 4.93. The number of aromatic hydroxyl groups is 1. The van der Waals surface area contributed by atoms with Crippen molar-refractivity contribution < 1.29 is 29.4 Å². The summed E-state index contributed by atoms with van der Waals surface area (Å²) in [5.74, 6) is -2.87. The second kappa shape index (κ2) is 15.2. The van der Waals surface area contributed by atoms with Crippen LogP contribution in [0, 0.1) is 11.8 Å². The smallest absolute Gasteiger partial charge is 0.326 e. The van der Waals surface area contributed by atoms with Gasteiger partial charge in [0.05, 0.1) is 6.04 Å². The van der Waals surface area contributed by atoms with E-state index in [1.54, 1.807) is 12.1 Å². The van der Waals surface area contributed by atoms with Gasteiger partial charge in [-0.3, -0.25) is 14.4 Å². The fourth-order valence-electron chi connectivity index (χ4n) is 4.93. The number of hydrogen-bond donors (Lipinski definition) is 7. The highest BCUT2D eigenvalue weighted by Crippen LogP contribution is 2.19. The van der Waals surface area contributed by atoms with Gasteiger partial charge in [-0.25, -0.2) is 4.79 Å². The molecule has 4 unspecified atom stereocenters. The number of carbonyl (C=O) groups is 4. The molecule has 0 saturated heterocycles. The summed E-state index contributed by atoms with van der Waals surface area (Å²) in [6, 6.07) is 9.64. The van der Waals surface area contributed by atoms with Crippen molar-refractivity contribution in [2.24, 2.45) is 17.6 Å². The number of benzene rings is 2. The van der Waals surface area contributed by atoms with Crippen LogP contribution in [0.5, 0.6) is 5.75 Å². The number of carboxylic acid groups (broad SMARTS) is 1. The summed E-state index contributed by atoms with van der Waals surface area (Å²) in [5, 5.41) is 28.3. The van der Waals surface area contributed by atoms with Crippen LogP contribution in [-0.2, 0) is 32.0 Å². The number of H-pyrrole nitrogens is 1. The van der Waals surface area contributed by atoms with Crippen LogP contribution in [0.1, 0.15) is 51.7 Å². The summed E-state index contributed by atoms with van der Waals surface area (Å²) < 4.78 is 0. The topological polar surface area (TPSA) is 187 Å². The Balaban J connectivity index is 1.77. The maximum absolute atomic E-state index is 13.6. The molecule has 43 heavy (non-hydrogen) atoms. The van der Waals surface area contributed by atoms with Crippen LogP contribution in [0.15, 0.2) is 54.7 Å². The molecule has 0 saturated carbocycles. The number of aromatic nitrogens is 1. The Morgan fingerprint density at radius 2 is 1.33 bits per heavy atom. The highest BCUT2D eigenvalue weighted by Gasteiger charge is 2.31. The van der Waals surface area contributed by atoms with E-state index in [9.17, 15) is 29.4 Å². The summed E-state index contributed by atoms with van der Waals surface area (Å²) in [5.41, 5.74) is 8.71. The number of rotatable bonds is 15. The quantitative estimate of drug-likeness (QED) is 0.141. The van der Waals surface area contributed by atoms with Gasteiger partial charge in [-0.05, 0) is 60.4 Å². The van der Waals surface area contributed by atoms with Gasteiger partial charge >= 0.3 is 5.97 Å². The number of phenolic OH excluding ortho intramolecular Hbond substituents is 1. The first-order chi connectivity index (χ1) is 20.3. The molecule has 11 heteroatoms. The van der Waals surface area contributed by atoms with E-state index in [-0.39, 0.29) is 43.3 Å². The van der Waals surface area contributed by atoms with E-state index >= 15 is 0 Å². The monoisotopic (exact) mass is 593 g/mol. The maximum Gasteiger partial charge on any atom is 0.326 e. The SMILES string of the molecule is CC(C)CC(NC(=O)C(Cc1ccc(O)cc1)NC(=O)C(CC(C)C)NC(=O)C(N)Cc1c[nH]c2ccccc12)C(=O)O. The molecular formula is C32H43N5O6. The van der Waals surface area contributed by atoms with Crippen molar-refractivity contribution in [1.82, 2.24) is 20.9 Å². The van der Waals surface area contributed by atoms with E-state index in [1.165, 1.54) is 12.1 Å². The lowest BCUT2D eigenvalue weighted by Gasteiger charge is -2.26. The van der Waals surface area contributed by atoms with E-state index in [4.69, 9.17) is 5.73 Å². The molecule has 3 amide bonds. The number of para-hydroxylation sites is 1. The number of hydrogen-bond acceptors (Lipinski definition) is 6. The van der Waals surface area contributed by atoms with Gasteiger partial charge in [-0.15, -0.1) is 0 Å². The van der Waals surface area contributed by atoms with E-state index in [2.05, 4.69) is 20.9 Å². The largest absolute Gasteiger partial charge is 0.508 e. The zero-order chi connectivity index (χ0) is 31.7. The number of carboxylic acids is 1. The Bertz CT molecular complexity index is 1400. The van der Waals surface area contributed by atoms with Gasteiger partial charge in [0.25, 0.3) is 0 Å². The number of phenols is 1. The van der Waals surface area contributed by atoms with Crippen molar-refractivity contribution >= 4 is 34.6 Å². The minimum absolute atomic E-state index is 0.00522. The lowest BCUT2D eigenvalue weighted by atomic mass is 9.99. The van der Waals surface area contributed by atoms with Crippen molar-refractivity contribution in [2.45, 2.75) is 77.5 Å². The predicted octanol–water partition coefficient (Wildman–Crippen LogP) is 2.62. The Morgan fingerprint density at radius 1 is 0.767 bits per heavy atom. The molecule has 0 radical (unpaired) electrons. The molecular weight excluding hydrogens is 550 g/mol. The molecule has 0 bridgehead atoms. The van der Waals surface area contributed by atoms with Gasteiger partial charge in [-0.2, -0.15) is 0 Å². The third-order valence-electron chi connectivity index (χ3n) is 7.12. The van der Waals surface area contributed by atoms with Crippen molar-refractivity contribution in [3.63, 3.8) is 0 Å². The van der Waals surface area contributed by atoms with Crippen molar-refractivity contribution in [1.29, 1.82) is 0 Å². The van der Waals surface area contributed by atoms with Crippen molar-refractivity contribution in [2.75, 3.05) is 0 Å². The minimum Gasteiger partial charge on any atom is -0.508 e. The molecule has 1 heterocycles. The van der Waals surface area contributed by atoms with Crippen LogP contribution < -0.4 is 21.7 Å². The minimum atomic E-state index is -1.18. The van der Waals surface area contributed by atoms with Crippen LogP contribution in [0.2, 0.25) is 0 Å². The summed E-state index contributed by atoms with van der Waals surface area (Å²) in [6.07, 6.45) is 2.60. The van der Waals surface area contributed by atoms with E-state index in [0.717, 1.165) is 16.5 Å². The van der Waals surface area contributed by atoms with Gasteiger partial charge in [0.15, 0.2) is 0 Å². The second-order valence-electron chi connectivity index (χ2n) is 11.8. The molecule has 2 aromatic carbocycles. The third kappa shape index (κ3) is 9.85. The molecule has 0 spiro atoms. The van der Waals surface area contributed by atoms with Gasteiger partial charge in [0.1, 0.15) is 23.9 Å². The first-order valence-corrected chi connectivity index (χ1v) is 14.6. The summed E-state index contributed by atoms with van der Waals surface area (Å²) >= 11 is 0. The molecule has 0 aliphatic rings. The lowest BCUT2D eigenvalue weighted by molar-refractivity contribution is -0.142. The molecule has 0 fully saturated rings. The molecule has 0 aliphatic heterocycles. The molecule has 232 valence electrons. The number of fused-ring (bicyclic) bond motifs is 1. The Kier molecular flexibility index (Phi) is 11.7. The number of aromatic amines is 1. The highest BCUT2D eigenvalue weighted by atomic mass is 16.4. The first-order valence-electron chi connectivity index (χ1n) is 14.6. The molecule has 0 aliphatic carbocycles. The van der Waals surface area contributed by atoms with Crippen molar-refractivity contribution in [3.8, 4) is 5.75 Å². The summed E-state index contributed by atoms with van der Waals surface area (Å²) in [7, 11) is 0. The van der Waals surface area contributed by atoms with Crippen LogP contribution in [0.3, 0.4) is 0 Å². The maximum atomic E-state index is 13.6. The number of nitrogens with one attached hydrogen (secondary N) is 4. The van der Waals surface area contributed by atoms with Crippen LogP contribution in [0.25, 0.3) is 10.9 Å². The summed E-state index contributed by atoms with van der Waals surface area (Å²) in [4.78, 5) is 55.1. The normalized spacial score (nSPS) is 14.2. The number of carbonyl (C=O) groups excluding carboxylic acids is 3. The van der Waals surface area contributed by atoms with Crippen molar-refractivity contribution in [3.05, 3.63) is 65.9 Å². The Labute approximate surface area is 251 Å². The predicted molar refractivity (Wildman–Crippen MR) is 164 cm³/mol. The van der Waals surface area contributed by atoms with Gasteiger partial charge in [-0.1, -0.05) is 58.0 Å². The van der Waals surface area contributed by atoms with Gasteiger partial charge < -0.3 is 36.9 Å². The van der Waals surface area contributed by atoms with Crippen LogP contribution in [-0.4, -0.2) is 63.1 Å². The molecule has 3 aromatic rings. The zero-order valence-electron chi connectivity index (χ0n) is 25.1. The Hall–Kier alpha value is -4.38. The van der Waals surface area contributed by atoms with Crippen LogP contribution >= 0.6 is 0 Å². The first kappa shape index (κ1) is 33.1. The molecule has 8 N–H and O–H groups in total. The second-order valence-corrected chi connectivity index (χ2v) is 11.8. The average molecular weight is 594 g/mol. The van der Waals surface area contributed by atoms with Gasteiger partial charge in [0, 0.05) is 23.5 Å². The number of nitrogens with two attached hydrogens (primary N) is 1. The molecule has 11 nitrogen and oxygen atoms in total. The Morgan fingerprint density at radius 3 is 1.95 bits per heavy atom. The fraction of sp³-hybridized carbons (Fsp3) is 0.438. The van der Waals surface area contributed by atoms with Crippen LogP contribution in [0.4, 0.5) is 0 Å². The lowest BCUT2D eigenvalue weighted by Crippen LogP contribution is -2.58. The zero-order valence-corrected chi connectivity index (χ0v) is 25.1. The van der Waals surface area contributed by atoms with E-state index < -0.39 is 47.9 Å². The molecule has 1 aromatic heterocycles. The number of amides is 3. The third-order valence-corrected chi connectivity index (χ3v) is 7.12. The summed E-state index contributed by atoms with van der Waals surface area (Å²) in [6.45, 7) is 7.51. The van der Waals surface area contributed by atoms with E-state index in [1.807, 2.05) is 58.2 Å². The molecule has 3 rings (SSSR count). The highest BCUT2D eigenvalue weighted by molar-refractivity contribution is 5.94. The number of aliphatic carboxylic acids is 1. The average Bonchev–Trinajstić information content (AvgIpc) is 3.35. The van der Waals surface area contributed by atoms with E-state index in [0.29, 0.717) is 5.56 Å². The molecule has 4 atom stereocenters. The van der Waals surface area contributed by atoms with Gasteiger partial charge in [0.2, 0.25) is 17.7 Å².